The van der Waals surface area contributed by atoms with Crippen LogP contribution in [0.15, 0.2) is 48.5 Å². The van der Waals surface area contributed by atoms with E-state index in [1.54, 1.807) is 12.1 Å². The fourth-order valence-corrected chi connectivity index (χ4v) is 2.19. The molecule has 2 rings (SSSR count). The molecule has 1 N–H and O–H groups in total. The van der Waals surface area contributed by atoms with Crippen molar-refractivity contribution in [2.24, 2.45) is 0 Å². The highest BCUT2D eigenvalue weighted by molar-refractivity contribution is 5.83. The molecule has 0 aliphatic heterocycles. The smallest absolute Gasteiger partial charge is 0.350 e. The van der Waals surface area contributed by atoms with Gasteiger partial charge in [0.2, 0.25) is 0 Å². The van der Waals surface area contributed by atoms with Gasteiger partial charge in [0.15, 0.2) is 12.2 Å². The van der Waals surface area contributed by atoms with E-state index in [0.29, 0.717) is 18.7 Å². The summed E-state index contributed by atoms with van der Waals surface area (Å²) in [6.45, 7) is 2.87. The minimum absolute atomic E-state index is 0.307. The van der Waals surface area contributed by atoms with Gasteiger partial charge in [-0.25, -0.2) is 13.6 Å². The Morgan fingerprint density at radius 1 is 0.963 bits per heavy atom. The lowest BCUT2D eigenvalue weighted by molar-refractivity contribution is -0.162. The Morgan fingerprint density at radius 2 is 1.52 bits per heavy atom. The third kappa shape index (κ3) is 6.69. The Labute approximate surface area is 156 Å². The van der Waals surface area contributed by atoms with Crippen molar-refractivity contribution in [3.8, 4) is 5.75 Å². The fourth-order valence-electron chi connectivity index (χ4n) is 2.19. The van der Waals surface area contributed by atoms with Crippen LogP contribution in [0.4, 0.5) is 8.78 Å². The first-order valence-electron chi connectivity index (χ1n) is 8.39. The average molecular weight is 377 g/mol. The van der Waals surface area contributed by atoms with Gasteiger partial charge in [0.25, 0.3) is 5.91 Å². The standard InChI is InChI=1S/C20H21F2NO4/c1-20(2,27-17-9-7-16(22)8-10-17)19(25)26-13-18(24)23-12-11-14-3-5-15(21)6-4-14/h3-10H,11-13H2,1-2H3,(H,23,24). The molecule has 0 saturated heterocycles. The van der Waals surface area contributed by atoms with E-state index in [9.17, 15) is 18.4 Å². The molecule has 0 heterocycles. The van der Waals surface area contributed by atoms with Crippen molar-refractivity contribution in [3.63, 3.8) is 0 Å². The van der Waals surface area contributed by atoms with Crippen molar-refractivity contribution in [2.75, 3.05) is 13.2 Å². The van der Waals surface area contributed by atoms with Crippen LogP contribution in [0.25, 0.3) is 0 Å². The van der Waals surface area contributed by atoms with E-state index >= 15 is 0 Å². The molecule has 0 saturated carbocycles. The lowest BCUT2D eigenvalue weighted by Gasteiger charge is -2.24. The van der Waals surface area contributed by atoms with Gasteiger partial charge in [-0.15, -0.1) is 0 Å². The van der Waals surface area contributed by atoms with Gasteiger partial charge in [-0.05, 0) is 62.2 Å². The van der Waals surface area contributed by atoms with E-state index < -0.39 is 29.9 Å². The minimum atomic E-state index is -1.34. The molecule has 0 radical (unpaired) electrons. The number of carbonyl (C=O) groups excluding carboxylic acids is 2. The zero-order chi connectivity index (χ0) is 19.9. The third-order valence-electron chi connectivity index (χ3n) is 3.66. The highest BCUT2D eigenvalue weighted by atomic mass is 19.1. The van der Waals surface area contributed by atoms with Crippen LogP contribution in [0.5, 0.6) is 5.75 Å². The van der Waals surface area contributed by atoms with E-state index in [2.05, 4.69) is 5.32 Å². The number of halogens is 2. The number of benzene rings is 2. The predicted octanol–water partition coefficient (Wildman–Crippen LogP) is 3.02. The van der Waals surface area contributed by atoms with E-state index in [-0.39, 0.29) is 5.82 Å². The number of amides is 1. The van der Waals surface area contributed by atoms with Gasteiger partial charge in [0, 0.05) is 6.54 Å². The molecule has 7 heteroatoms. The van der Waals surface area contributed by atoms with Crippen molar-refractivity contribution in [3.05, 3.63) is 65.7 Å². The molecule has 2 aromatic carbocycles. The molecule has 144 valence electrons. The van der Waals surface area contributed by atoms with E-state index in [1.807, 2.05) is 0 Å². The normalized spacial score (nSPS) is 11.0. The maximum absolute atomic E-state index is 12.9. The molecular formula is C20H21F2NO4. The van der Waals surface area contributed by atoms with Gasteiger partial charge >= 0.3 is 5.97 Å². The summed E-state index contributed by atoms with van der Waals surface area (Å²) in [5.74, 6) is -1.61. The lowest BCUT2D eigenvalue weighted by atomic mass is 10.1. The Kier molecular flexibility index (Phi) is 6.87. The van der Waals surface area contributed by atoms with Crippen LogP contribution in [0, 0.1) is 11.6 Å². The van der Waals surface area contributed by atoms with Crippen molar-refractivity contribution in [1.82, 2.24) is 5.32 Å². The molecule has 5 nitrogen and oxygen atoms in total. The maximum atomic E-state index is 12.9. The van der Waals surface area contributed by atoms with Crippen molar-refractivity contribution < 1.29 is 27.8 Å². The minimum Gasteiger partial charge on any atom is -0.476 e. The van der Waals surface area contributed by atoms with Crippen molar-refractivity contribution in [1.29, 1.82) is 0 Å². The monoisotopic (exact) mass is 377 g/mol. The summed E-state index contributed by atoms with van der Waals surface area (Å²) in [4.78, 5) is 23.9. The van der Waals surface area contributed by atoms with Gasteiger partial charge in [0.1, 0.15) is 17.4 Å². The van der Waals surface area contributed by atoms with Crippen LogP contribution in [0.2, 0.25) is 0 Å². The number of carbonyl (C=O) groups is 2. The molecule has 0 bridgehead atoms. The Hall–Kier alpha value is -2.96. The molecule has 1 amide bonds. The quantitative estimate of drug-likeness (QED) is 0.719. The average Bonchev–Trinajstić information content (AvgIpc) is 2.63. The van der Waals surface area contributed by atoms with Crippen LogP contribution in [0.1, 0.15) is 19.4 Å². The molecule has 0 spiro atoms. The summed E-state index contributed by atoms with van der Waals surface area (Å²) < 4.78 is 36.2. The zero-order valence-corrected chi connectivity index (χ0v) is 15.1. The van der Waals surface area contributed by atoms with Gasteiger partial charge < -0.3 is 14.8 Å². The second kappa shape index (κ2) is 9.12. The Bertz CT molecular complexity index is 774. The summed E-state index contributed by atoms with van der Waals surface area (Å²) in [5.41, 5.74) is -0.464. The Morgan fingerprint density at radius 3 is 2.11 bits per heavy atom. The van der Waals surface area contributed by atoms with Crippen LogP contribution in [0.3, 0.4) is 0 Å². The van der Waals surface area contributed by atoms with Crippen molar-refractivity contribution in [2.45, 2.75) is 25.9 Å². The van der Waals surface area contributed by atoms with Crippen LogP contribution in [-0.2, 0) is 20.7 Å². The molecule has 2 aromatic rings. The molecule has 0 aliphatic carbocycles. The van der Waals surface area contributed by atoms with Gasteiger partial charge in [0.05, 0.1) is 0 Å². The summed E-state index contributed by atoms with van der Waals surface area (Å²) in [6, 6.07) is 11.2. The largest absolute Gasteiger partial charge is 0.476 e. The first kappa shape index (κ1) is 20.4. The number of nitrogens with one attached hydrogen (secondary N) is 1. The third-order valence-corrected chi connectivity index (χ3v) is 3.66. The highest BCUT2D eigenvalue weighted by Gasteiger charge is 2.32. The summed E-state index contributed by atoms with van der Waals surface area (Å²) in [5, 5.41) is 2.62. The first-order chi connectivity index (χ1) is 12.8. The first-order valence-corrected chi connectivity index (χ1v) is 8.39. The van der Waals surface area contributed by atoms with E-state index in [4.69, 9.17) is 9.47 Å². The van der Waals surface area contributed by atoms with Crippen LogP contribution < -0.4 is 10.1 Å². The SMILES string of the molecule is CC(C)(Oc1ccc(F)cc1)C(=O)OCC(=O)NCCc1ccc(F)cc1. The Balaban J connectivity index is 1.73. The number of rotatable bonds is 8. The van der Waals surface area contributed by atoms with Crippen molar-refractivity contribution >= 4 is 11.9 Å². The fraction of sp³-hybridized carbons (Fsp3) is 0.300. The molecular weight excluding hydrogens is 356 g/mol. The van der Waals surface area contributed by atoms with Gasteiger partial charge in [-0.2, -0.15) is 0 Å². The zero-order valence-electron chi connectivity index (χ0n) is 15.1. The molecule has 27 heavy (non-hydrogen) atoms. The molecule has 0 fully saturated rings. The summed E-state index contributed by atoms with van der Waals surface area (Å²) in [6.07, 6.45) is 0.527. The molecule has 0 atom stereocenters. The molecule has 0 aromatic heterocycles. The lowest BCUT2D eigenvalue weighted by Crippen LogP contribution is -2.41. The summed E-state index contributed by atoms with van der Waals surface area (Å²) >= 11 is 0. The van der Waals surface area contributed by atoms with E-state index in [1.165, 1.54) is 50.2 Å². The van der Waals surface area contributed by atoms with Gasteiger partial charge in [-0.1, -0.05) is 12.1 Å². The second-order valence-corrected chi connectivity index (χ2v) is 6.37. The van der Waals surface area contributed by atoms with Crippen LogP contribution >= 0.6 is 0 Å². The summed E-state index contributed by atoms with van der Waals surface area (Å²) in [7, 11) is 0. The number of esters is 1. The molecule has 0 unspecified atom stereocenters. The maximum Gasteiger partial charge on any atom is 0.350 e. The van der Waals surface area contributed by atoms with Gasteiger partial charge in [-0.3, -0.25) is 4.79 Å². The second-order valence-electron chi connectivity index (χ2n) is 6.37. The molecule has 0 aliphatic rings. The highest BCUT2D eigenvalue weighted by Crippen LogP contribution is 2.19. The number of ether oxygens (including phenoxy) is 2. The number of hydrogen-bond donors (Lipinski definition) is 1. The topological polar surface area (TPSA) is 64.6 Å². The van der Waals surface area contributed by atoms with E-state index in [0.717, 1.165) is 5.56 Å². The predicted molar refractivity (Wildman–Crippen MR) is 95.2 cm³/mol. The number of hydrogen-bond acceptors (Lipinski definition) is 4. The van der Waals surface area contributed by atoms with Crippen LogP contribution in [-0.4, -0.2) is 30.6 Å².